The highest BCUT2D eigenvalue weighted by Gasteiger charge is 2.31. The van der Waals surface area contributed by atoms with Gasteiger partial charge >= 0.3 is 0 Å². The first kappa shape index (κ1) is 24.5. The van der Waals surface area contributed by atoms with Gasteiger partial charge in [-0.05, 0) is 37.5 Å². The van der Waals surface area contributed by atoms with E-state index in [9.17, 15) is 8.78 Å². The maximum Gasteiger partial charge on any atom is 0.168 e. The van der Waals surface area contributed by atoms with E-state index in [0.29, 0.717) is 23.6 Å². The van der Waals surface area contributed by atoms with Crippen LogP contribution in [-0.4, -0.2) is 67.6 Å². The number of imidazole rings is 1. The summed E-state index contributed by atoms with van der Waals surface area (Å²) in [6.07, 6.45) is 5.10. The molecule has 1 atom stereocenters. The second-order valence-electron chi connectivity index (χ2n) is 8.37. The van der Waals surface area contributed by atoms with Crippen LogP contribution in [-0.2, 0) is 0 Å². The van der Waals surface area contributed by atoms with Gasteiger partial charge in [-0.25, -0.2) is 23.3 Å². The fourth-order valence-electron chi connectivity index (χ4n) is 3.90. The number of hydrogen-bond acceptors (Lipinski definition) is 6. The summed E-state index contributed by atoms with van der Waals surface area (Å²) in [5.41, 5.74) is 1.19. The van der Waals surface area contributed by atoms with E-state index < -0.39 is 16.9 Å². The summed E-state index contributed by atoms with van der Waals surface area (Å²) in [5, 5.41) is 9.04. The zero-order valence-corrected chi connectivity index (χ0v) is 19.3. The van der Waals surface area contributed by atoms with E-state index in [1.165, 1.54) is 10.7 Å². The Balaban J connectivity index is 0.00000133. The third kappa shape index (κ3) is 5.37. The lowest BCUT2D eigenvalue weighted by Gasteiger charge is -2.25. The molecule has 0 bridgehead atoms. The summed E-state index contributed by atoms with van der Waals surface area (Å²) in [4.78, 5) is 8.53. The molecule has 7 nitrogen and oxygen atoms in total. The molecule has 12 heteroatoms. The third-order valence-corrected chi connectivity index (χ3v) is 5.55. The van der Waals surface area contributed by atoms with Gasteiger partial charge < -0.3 is 15.4 Å². The van der Waals surface area contributed by atoms with Crippen molar-refractivity contribution in [3.05, 3.63) is 35.7 Å². The Morgan fingerprint density at radius 1 is 1.15 bits per heavy atom. The van der Waals surface area contributed by atoms with E-state index in [0.717, 1.165) is 38.3 Å². The summed E-state index contributed by atoms with van der Waals surface area (Å²) >= 11 is 0. The first-order valence-corrected chi connectivity index (χ1v) is 11.6. The Morgan fingerprint density at radius 2 is 1.91 bits per heavy atom. The highest BCUT2D eigenvalue weighted by Crippen LogP contribution is 2.44. The van der Waals surface area contributed by atoms with Crippen LogP contribution in [0.5, 0.6) is 5.75 Å². The van der Waals surface area contributed by atoms with Gasteiger partial charge in [-0.1, -0.05) is 13.8 Å². The largest absolute Gasteiger partial charge is 0.514 e. The van der Waals surface area contributed by atoms with Crippen molar-refractivity contribution in [1.82, 2.24) is 24.9 Å². The molecule has 2 fully saturated rings. The van der Waals surface area contributed by atoms with Crippen molar-refractivity contribution >= 4 is 35.0 Å². The molecule has 1 saturated carbocycles. The van der Waals surface area contributed by atoms with E-state index in [1.54, 1.807) is 6.07 Å². The van der Waals surface area contributed by atoms with Gasteiger partial charge in [-0.15, -0.1) is 0 Å². The van der Waals surface area contributed by atoms with E-state index in [4.69, 9.17) is 28.3 Å². The fraction of sp³-hybridized carbons (Fsp3) is 0.500. The van der Waals surface area contributed by atoms with Gasteiger partial charge in [0.25, 0.3) is 0 Å². The lowest BCUT2D eigenvalue weighted by molar-refractivity contribution is 0.312. The normalized spacial score (nSPS) is 18.3. The number of piperidine rings is 1. The molecule has 34 heavy (non-hydrogen) atoms. The minimum absolute atomic E-state index is 0.00778. The van der Waals surface area contributed by atoms with Crippen molar-refractivity contribution in [2.24, 2.45) is 0 Å². The van der Waals surface area contributed by atoms with Crippen LogP contribution in [0.4, 0.5) is 14.6 Å². The quantitative estimate of drug-likeness (QED) is 0.552. The van der Waals surface area contributed by atoms with Gasteiger partial charge in [0.1, 0.15) is 46.4 Å². The average molecular weight is 460 g/mol. The van der Waals surface area contributed by atoms with Gasteiger partial charge in [-0.2, -0.15) is 5.10 Å². The molecule has 5 rings (SSSR count). The number of fused-ring (bicyclic) bond motifs is 1. The number of hydrogen-bond donors (Lipinski definition) is 2. The molecule has 0 amide bonds. The van der Waals surface area contributed by atoms with Crippen LogP contribution in [0, 0.1) is 11.6 Å². The van der Waals surface area contributed by atoms with Crippen molar-refractivity contribution in [3.8, 4) is 17.1 Å². The van der Waals surface area contributed by atoms with Gasteiger partial charge in [0.05, 0.1) is 6.20 Å². The number of aromatic nitrogens is 4. The molecule has 172 valence electrons. The Bertz CT molecular complexity index is 1160. The Kier molecular flexibility index (Phi) is 7.16. The fourth-order valence-corrected chi connectivity index (χ4v) is 3.90. The van der Waals surface area contributed by atoms with Gasteiger partial charge in [0.2, 0.25) is 0 Å². The maximum absolute atomic E-state index is 14.8. The molecular formula is C22H25B3F2N6O. The number of anilines is 1. The molecule has 3 aromatic rings. The first-order valence-electron chi connectivity index (χ1n) is 11.6. The smallest absolute Gasteiger partial charge is 0.168 e. The highest BCUT2D eigenvalue weighted by molar-refractivity contribution is 6.58. The number of halogens is 2. The number of rotatable bonds is 6. The van der Waals surface area contributed by atoms with Crippen LogP contribution >= 0.6 is 0 Å². The summed E-state index contributed by atoms with van der Waals surface area (Å²) in [7, 11) is 16.8. The lowest BCUT2D eigenvalue weighted by atomic mass is 9.52. The predicted molar refractivity (Wildman–Crippen MR) is 130 cm³/mol. The van der Waals surface area contributed by atoms with Crippen molar-refractivity contribution in [2.75, 3.05) is 18.4 Å². The number of pyridine rings is 1. The number of ether oxygens (including phenoxy) is 1. The molecule has 4 heterocycles. The Labute approximate surface area is 201 Å². The highest BCUT2D eigenvalue weighted by atomic mass is 19.1. The van der Waals surface area contributed by atoms with Crippen LogP contribution in [0.3, 0.4) is 0 Å². The minimum Gasteiger partial charge on any atom is -0.514 e. The van der Waals surface area contributed by atoms with E-state index in [-0.39, 0.29) is 29.2 Å². The third-order valence-electron chi connectivity index (χ3n) is 5.55. The van der Waals surface area contributed by atoms with E-state index in [1.807, 2.05) is 13.8 Å². The summed E-state index contributed by atoms with van der Waals surface area (Å²) in [6, 6.07) is 2.43. The molecule has 2 N–H and O–H groups in total. The average Bonchev–Trinajstić information content (AvgIpc) is 3.56. The van der Waals surface area contributed by atoms with Gasteiger partial charge in [0, 0.05) is 30.6 Å². The van der Waals surface area contributed by atoms with Crippen molar-refractivity contribution in [3.63, 3.8) is 0 Å². The molecule has 6 radical (unpaired) electrons. The molecule has 1 aliphatic heterocycles. The van der Waals surface area contributed by atoms with Crippen LogP contribution in [0.1, 0.15) is 51.1 Å². The minimum atomic E-state index is -1.88. The van der Waals surface area contributed by atoms with Gasteiger partial charge in [-0.3, -0.25) is 0 Å². The first-order chi connectivity index (χ1) is 16.3. The molecule has 1 saturated heterocycles. The molecule has 0 spiro atoms. The van der Waals surface area contributed by atoms with Crippen LogP contribution in [0.25, 0.3) is 17.0 Å². The molecule has 1 unspecified atom stereocenters. The molecule has 1 aliphatic carbocycles. The maximum atomic E-state index is 14.8. The van der Waals surface area contributed by atoms with Crippen LogP contribution in [0.2, 0.25) is 0 Å². The Hall–Kier alpha value is -2.62. The second-order valence-corrected chi connectivity index (χ2v) is 8.37. The lowest BCUT2D eigenvalue weighted by Crippen LogP contribution is -2.38. The van der Waals surface area contributed by atoms with Gasteiger partial charge in [0.15, 0.2) is 23.1 Å². The van der Waals surface area contributed by atoms with E-state index in [2.05, 4.69) is 25.7 Å². The molecular weight excluding hydrogens is 435 g/mol. The Morgan fingerprint density at radius 3 is 2.56 bits per heavy atom. The van der Waals surface area contributed by atoms with Crippen LogP contribution < -0.4 is 15.4 Å². The zero-order valence-electron chi connectivity index (χ0n) is 19.3. The van der Waals surface area contributed by atoms with Crippen molar-refractivity contribution in [1.29, 1.82) is 0 Å². The number of nitrogens with one attached hydrogen (secondary N) is 2. The van der Waals surface area contributed by atoms with E-state index >= 15 is 0 Å². The zero-order chi connectivity index (χ0) is 24.5. The summed E-state index contributed by atoms with van der Waals surface area (Å²) in [5.74, 6) is -1.10. The summed E-state index contributed by atoms with van der Waals surface area (Å²) in [6.45, 7) is 5.61. The second kappa shape index (κ2) is 9.94. The molecule has 2 aliphatic rings. The topological polar surface area (TPSA) is 76.4 Å². The standard InChI is InChI=1S/C20H19B3F2N6O.C2H6/c21-20(22,23)32-15-7-16-27-9-14(31(16)30-17(15)10-3-4-10)18-12(24)6-13(25)19(29-18)28-11-2-1-5-26-8-11;1-2/h6-7,9-11,26H,1-5,8H2,(H,28,29);1-2H3. The van der Waals surface area contributed by atoms with Crippen molar-refractivity contribution in [2.45, 2.75) is 56.8 Å². The summed E-state index contributed by atoms with van der Waals surface area (Å²) < 4.78 is 36.2. The van der Waals surface area contributed by atoms with Crippen molar-refractivity contribution < 1.29 is 13.5 Å². The van der Waals surface area contributed by atoms with Crippen LogP contribution in [0.15, 0.2) is 18.3 Å². The monoisotopic (exact) mass is 460 g/mol. The molecule has 3 aromatic heterocycles. The predicted octanol–water partition coefficient (Wildman–Crippen LogP) is 2.63. The SMILES string of the molecule is CC.[B]C([B])([B])Oc1cc2ncc(-c3nc(NC4CCCNC4)c(F)cc3F)n2nc1C1CC1. The molecule has 0 aromatic carbocycles. The number of nitrogens with zero attached hydrogens (tertiary/aromatic N) is 4.